The first-order valence-corrected chi connectivity index (χ1v) is 8.03. The smallest absolute Gasteiger partial charge is 0.264 e. The molecule has 2 aromatic heterocycles. The highest BCUT2D eigenvalue weighted by Crippen LogP contribution is 2.14. The zero-order valence-electron chi connectivity index (χ0n) is 12.0. The number of rotatable bonds is 6. The third kappa shape index (κ3) is 3.78. The molecule has 0 saturated carbocycles. The standard InChI is InChI=1S/C12H14N6O3S/c1-3-4-10-16-12-9(7-13)11(15-8-18(12)17-10)14-5-6-21-22(2,19)20/h7-8,13-14H,5-6H2,1-2H3. The lowest BCUT2D eigenvalue weighted by atomic mass is 10.3. The van der Waals surface area contributed by atoms with Crippen LogP contribution in [0.4, 0.5) is 5.82 Å². The number of anilines is 1. The number of aromatic nitrogens is 4. The van der Waals surface area contributed by atoms with E-state index in [0.717, 1.165) is 12.5 Å². The number of hydrogen-bond acceptors (Lipinski definition) is 8. The maximum absolute atomic E-state index is 10.9. The van der Waals surface area contributed by atoms with Gasteiger partial charge in [0.15, 0.2) is 5.65 Å². The van der Waals surface area contributed by atoms with Gasteiger partial charge in [-0.3, -0.25) is 4.18 Å². The van der Waals surface area contributed by atoms with Crippen LogP contribution in [0.15, 0.2) is 6.33 Å². The summed E-state index contributed by atoms with van der Waals surface area (Å²) in [5.74, 6) is 6.16. The van der Waals surface area contributed by atoms with E-state index in [4.69, 9.17) is 5.41 Å². The van der Waals surface area contributed by atoms with Gasteiger partial charge < -0.3 is 10.7 Å². The first-order chi connectivity index (χ1) is 10.4. The van der Waals surface area contributed by atoms with Crippen LogP contribution >= 0.6 is 0 Å². The van der Waals surface area contributed by atoms with Gasteiger partial charge >= 0.3 is 0 Å². The van der Waals surface area contributed by atoms with E-state index < -0.39 is 10.1 Å². The third-order valence-electron chi connectivity index (χ3n) is 2.50. The molecule has 0 amide bonds. The van der Waals surface area contributed by atoms with Gasteiger partial charge in [0.2, 0.25) is 5.82 Å². The van der Waals surface area contributed by atoms with Gasteiger partial charge in [0.05, 0.1) is 18.4 Å². The van der Waals surface area contributed by atoms with E-state index in [9.17, 15) is 8.42 Å². The Balaban J connectivity index is 2.22. The van der Waals surface area contributed by atoms with Crippen LogP contribution < -0.4 is 5.32 Å². The number of hydrogen-bond donors (Lipinski definition) is 2. The molecule has 0 unspecified atom stereocenters. The van der Waals surface area contributed by atoms with Gasteiger partial charge in [0, 0.05) is 12.8 Å². The monoisotopic (exact) mass is 322 g/mol. The Morgan fingerprint density at radius 3 is 2.95 bits per heavy atom. The molecule has 116 valence electrons. The molecular weight excluding hydrogens is 308 g/mol. The molecule has 2 rings (SSSR count). The molecule has 0 aliphatic carbocycles. The van der Waals surface area contributed by atoms with Gasteiger partial charge in [-0.05, 0) is 12.8 Å². The zero-order chi connectivity index (χ0) is 16.2. The van der Waals surface area contributed by atoms with Gasteiger partial charge in [-0.15, -0.1) is 5.10 Å². The lowest BCUT2D eigenvalue weighted by molar-refractivity contribution is 0.335. The van der Waals surface area contributed by atoms with Gasteiger partial charge in [-0.1, -0.05) is 5.92 Å². The van der Waals surface area contributed by atoms with Crippen molar-refractivity contribution in [3.05, 3.63) is 17.7 Å². The van der Waals surface area contributed by atoms with Crippen LogP contribution in [0, 0.1) is 17.3 Å². The molecule has 0 aliphatic rings. The summed E-state index contributed by atoms with van der Waals surface area (Å²) in [5.41, 5.74) is 0.868. The molecule has 2 heterocycles. The summed E-state index contributed by atoms with van der Waals surface area (Å²) in [4.78, 5) is 8.35. The van der Waals surface area contributed by atoms with Crippen LogP contribution in [-0.2, 0) is 14.3 Å². The zero-order valence-corrected chi connectivity index (χ0v) is 12.8. The summed E-state index contributed by atoms with van der Waals surface area (Å²) in [7, 11) is -3.48. The molecule has 0 spiro atoms. The summed E-state index contributed by atoms with van der Waals surface area (Å²) in [6.45, 7) is 1.85. The lowest BCUT2D eigenvalue weighted by Crippen LogP contribution is -2.15. The molecule has 10 heteroatoms. The second-order valence-corrected chi connectivity index (χ2v) is 5.83. The Morgan fingerprint density at radius 2 is 2.32 bits per heavy atom. The Bertz CT molecular complexity index is 862. The fourth-order valence-corrected chi connectivity index (χ4v) is 2.06. The Hall–Kier alpha value is -2.51. The van der Waals surface area contributed by atoms with E-state index in [1.165, 1.54) is 10.8 Å². The van der Waals surface area contributed by atoms with Gasteiger partial charge in [0.25, 0.3) is 10.1 Å². The number of nitrogens with one attached hydrogen (secondary N) is 2. The fraction of sp³-hybridized carbons (Fsp3) is 0.333. The minimum absolute atomic E-state index is 0.0393. The van der Waals surface area contributed by atoms with Crippen LogP contribution in [0.2, 0.25) is 0 Å². The number of nitrogens with zero attached hydrogens (tertiary/aromatic N) is 4. The molecule has 0 saturated heterocycles. The highest BCUT2D eigenvalue weighted by molar-refractivity contribution is 7.85. The van der Waals surface area contributed by atoms with Crippen molar-refractivity contribution in [1.82, 2.24) is 19.6 Å². The molecule has 0 aromatic carbocycles. The predicted molar refractivity (Wildman–Crippen MR) is 80.5 cm³/mol. The summed E-state index contributed by atoms with van der Waals surface area (Å²) in [6.07, 6.45) is 3.52. The molecule has 2 N–H and O–H groups in total. The average molecular weight is 322 g/mol. The quantitative estimate of drug-likeness (QED) is 0.329. The van der Waals surface area contributed by atoms with Crippen LogP contribution in [0.25, 0.3) is 5.65 Å². The Labute approximate surface area is 127 Å². The van der Waals surface area contributed by atoms with Crippen molar-refractivity contribution in [3.8, 4) is 11.8 Å². The average Bonchev–Trinajstić information content (AvgIpc) is 2.85. The van der Waals surface area contributed by atoms with Gasteiger partial charge in [0.1, 0.15) is 12.1 Å². The fourth-order valence-electron chi connectivity index (χ4n) is 1.68. The molecule has 0 fully saturated rings. The second kappa shape index (κ2) is 6.50. The van der Waals surface area contributed by atoms with Crippen molar-refractivity contribution in [1.29, 1.82) is 5.41 Å². The van der Waals surface area contributed by atoms with E-state index in [-0.39, 0.29) is 13.2 Å². The molecule has 0 aliphatic heterocycles. The van der Waals surface area contributed by atoms with Crippen molar-refractivity contribution < 1.29 is 12.6 Å². The molecular formula is C12H14N6O3S. The summed E-state index contributed by atoms with van der Waals surface area (Å²) in [6, 6.07) is 0. The van der Waals surface area contributed by atoms with Crippen molar-refractivity contribution in [3.63, 3.8) is 0 Å². The minimum atomic E-state index is -3.48. The number of fused-ring (bicyclic) bond motifs is 1. The Morgan fingerprint density at radius 1 is 1.55 bits per heavy atom. The van der Waals surface area contributed by atoms with E-state index in [2.05, 4.69) is 36.4 Å². The van der Waals surface area contributed by atoms with Crippen molar-refractivity contribution in [2.45, 2.75) is 6.92 Å². The van der Waals surface area contributed by atoms with Gasteiger partial charge in [-0.25, -0.2) is 9.50 Å². The molecule has 0 radical (unpaired) electrons. The maximum Gasteiger partial charge on any atom is 0.264 e. The summed E-state index contributed by atoms with van der Waals surface area (Å²) < 4.78 is 27.8. The topological polar surface area (TPSA) is 122 Å². The maximum atomic E-state index is 10.9. The normalized spacial score (nSPS) is 11.0. The van der Waals surface area contributed by atoms with Gasteiger partial charge in [-0.2, -0.15) is 13.4 Å². The van der Waals surface area contributed by atoms with Crippen LogP contribution in [-0.4, -0.2) is 53.6 Å². The minimum Gasteiger partial charge on any atom is -0.367 e. The molecule has 0 atom stereocenters. The van der Waals surface area contributed by atoms with Crippen molar-refractivity contribution in [2.24, 2.45) is 0 Å². The summed E-state index contributed by atoms with van der Waals surface area (Å²) >= 11 is 0. The van der Waals surface area contributed by atoms with Crippen molar-refractivity contribution >= 4 is 27.8 Å². The Kier molecular flexibility index (Phi) is 4.69. The van der Waals surface area contributed by atoms with Crippen LogP contribution in [0.3, 0.4) is 0 Å². The van der Waals surface area contributed by atoms with Crippen molar-refractivity contribution in [2.75, 3.05) is 24.7 Å². The third-order valence-corrected chi connectivity index (χ3v) is 3.09. The van der Waals surface area contributed by atoms with E-state index >= 15 is 0 Å². The first kappa shape index (κ1) is 15.9. The van der Waals surface area contributed by atoms with E-state index in [1.54, 1.807) is 6.92 Å². The van der Waals surface area contributed by atoms with E-state index in [1.807, 2.05) is 0 Å². The van der Waals surface area contributed by atoms with Crippen LogP contribution in [0.1, 0.15) is 18.3 Å². The SMILES string of the molecule is CC#Cc1nc2c(C=N)c(NCCOS(C)(=O)=O)ncn2n1. The second-order valence-electron chi connectivity index (χ2n) is 4.18. The molecule has 22 heavy (non-hydrogen) atoms. The molecule has 9 nitrogen and oxygen atoms in total. The molecule has 2 aromatic rings. The summed E-state index contributed by atoms with van der Waals surface area (Å²) in [5, 5.41) is 14.5. The lowest BCUT2D eigenvalue weighted by Gasteiger charge is -2.08. The highest BCUT2D eigenvalue weighted by Gasteiger charge is 2.11. The predicted octanol–water partition coefficient (Wildman–Crippen LogP) is -0.119. The van der Waals surface area contributed by atoms with Crippen LogP contribution in [0.5, 0.6) is 0 Å². The molecule has 0 bridgehead atoms. The largest absolute Gasteiger partial charge is 0.367 e. The first-order valence-electron chi connectivity index (χ1n) is 6.21. The van der Waals surface area contributed by atoms with E-state index in [0.29, 0.717) is 22.9 Å². The highest BCUT2D eigenvalue weighted by atomic mass is 32.2.